The Labute approximate surface area is 120 Å². The van der Waals surface area contributed by atoms with Gasteiger partial charge in [0.05, 0.1) is 10.0 Å². The summed E-state index contributed by atoms with van der Waals surface area (Å²) in [5, 5.41) is 0. The predicted octanol–water partition coefficient (Wildman–Crippen LogP) is 3.50. The van der Waals surface area contributed by atoms with Gasteiger partial charge in [-0.15, -0.1) is 0 Å². The van der Waals surface area contributed by atoms with Crippen molar-refractivity contribution >= 4 is 37.8 Å². The zero-order chi connectivity index (χ0) is 13.1. The molecule has 92 valence electrons. The Bertz CT molecular complexity index is 602. The Morgan fingerprint density at radius 2 is 2.00 bits per heavy atom. The van der Waals surface area contributed by atoms with Crippen molar-refractivity contribution < 1.29 is 9.53 Å². The summed E-state index contributed by atoms with van der Waals surface area (Å²) in [4.78, 5) is 15.4. The first kappa shape index (κ1) is 13.0. The summed E-state index contributed by atoms with van der Waals surface area (Å²) >= 11 is 6.63. The van der Waals surface area contributed by atoms with Crippen LogP contribution in [0.5, 0.6) is 11.6 Å². The van der Waals surface area contributed by atoms with Crippen LogP contribution >= 0.6 is 31.9 Å². The van der Waals surface area contributed by atoms with Gasteiger partial charge in [-0.3, -0.25) is 4.79 Å². The molecule has 2 N–H and O–H groups in total. The Kier molecular flexibility index (Phi) is 3.98. The summed E-state index contributed by atoms with van der Waals surface area (Å²) in [6.07, 6.45) is 1.60. The SMILES string of the molecule is NC(=O)c1ccccc1Oc1ncc(Br)cc1Br. The van der Waals surface area contributed by atoms with E-state index in [1.54, 1.807) is 36.5 Å². The average Bonchev–Trinajstić information content (AvgIpc) is 2.33. The van der Waals surface area contributed by atoms with Gasteiger partial charge in [-0.05, 0) is 50.1 Å². The first-order valence-corrected chi connectivity index (χ1v) is 6.54. The topological polar surface area (TPSA) is 65.2 Å². The third kappa shape index (κ3) is 2.88. The van der Waals surface area contributed by atoms with E-state index in [4.69, 9.17) is 10.5 Å². The quantitative estimate of drug-likeness (QED) is 0.897. The number of nitrogens with zero attached hydrogens (tertiary/aromatic N) is 1. The fraction of sp³-hybridized carbons (Fsp3) is 0. The number of hydrogen-bond donors (Lipinski definition) is 1. The van der Waals surface area contributed by atoms with Crippen LogP contribution in [-0.4, -0.2) is 10.9 Å². The molecule has 0 spiro atoms. The van der Waals surface area contributed by atoms with Crippen LogP contribution in [0.4, 0.5) is 0 Å². The van der Waals surface area contributed by atoms with Crippen molar-refractivity contribution in [3.63, 3.8) is 0 Å². The maximum Gasteiger partial charge on any atom is 0.252 e. The van der Waals surface area contributed by atoms with E-state index in [9.17, 15) is 4.79 Å². The first-order valence-electron chi connectivity index (χ1n) is 4.95. The second kappa shape index (κ2) is 5.49. The monoisotopic (exact) mass is 370 g/mol. The highest BCUT2D eigenvalue weighted by atomic mass is 79.9. The van der Waals surface area contributed by atoms with Crippen LogP contribution in [-0.2, 0) is 0 Å². The molecule has 0 aliphatic rings. The molecule has 1 heterocycles. The molecule has 4 nitrogen and oxygen atoms in total. The lowest BCUT2D eigenvalue weighted by Crippen LogP contribution is -2.12. The van der Waals surface area contributed by atoms with Crippen LogP contribution < -0.4 is 10.5 Å². The third-order valence-corrected chi connectivity index (χ3v) is 3.13. The zero-order valence-corrected chi connectivity index (χ0v) is 12.2. The number of aromatic nitrogens is 1. The molecule has 0 radical (unpaired) electrons. The van der Waals surface area contributed by atoms with Gasteiger partial charge in [0.25, 0.3) is 5.91 Å². The number of hydrogen-bond acceptors (Lipinski definition) is 3. The normalized spacial score (nSPS) is 10.1. The van der Waals surface area contributed by atoms with Crippen LogP contribution in [0.15, 0.2) is 45.5 Å². The van der Waals surface area contributed by atoms with Gasteiger partial charge in [0.1, 0.15) is 5.75 Å². The van der Waals surface area contributed by atoms with Gasteiger partial charge < -0.3 is 10.5 Å². The van der Waals surface area contributed by atoms with E-state index in [0.717, 1.165) is 4.47 Å². The lowest BCUT2D eigenvalue weighted by Gasteiger charge is -2.09. The minimum atomic E-state index is -0.543. The van der Waals surface area contributed by atoms with Gasteiger partial charge in [0, 0.05) is 10.7 Å². The number of primary amides is 1. The van der Waals surface area contributed by atoms with Crippen LogP contribution in [0.1, 0.15) is 10.4 Å². The minimum absolute atomic E-state index is 0.314. The van der Waals surface area contributed by atoms with E-state index in [0.29, 0.717) is 21.7 Å². The molecule has 0 saturated carbocycles. The molecular formula is C12H8Br2N2O2. The highest BCUT2D eigenvalue weighted by Gasteiger charge is 2.11. The van der Waals surface area contributed by atoms with Crippen molar-refractivity contribution in [3.8, 4) is 11.6 Å². The molecule has 2 aromatic rings. The van der Waals surface area contributed by atoms with Crippen LogP contribution in [0.3, 0.4) is 0 Å². The molecule has 18 heavy (non-hydrogen) atoms. The molecule has 1 aromatic carbocycles. The molecule has 0 aliphatic heterocycles. The number of carbonyl (C=O) groups is 1. The van der Waals surface area contributed by atoms with E-state index in [1.165, 1.54) is 0 Å². The van der Waals surface area contributed by atoms with Gasteiger partial charge >= 0.3 is 0 Å². The molecule has 0 aliphatic carbocycles. The van der Waals surface area contributed by atoms with Gasteiger partial charge in [-0.1, -0.05) is 12.1 Å². The molecule has 1 aromatic heterocycles. The second-order valence-electron chi connectivity index (χ2n) is 3.40. The summed E-state index contributed by atoms with van der Waals surface area (Å²) < 4.78 is 7.08. The number of carbonyl (C=O) groups excluding carboxylic acids is 1. The van der Waals surface area contributed by atoms with Gasteiger partial charge in [0.2, 0.25) is 5.88 Å². The molecule has 0 unspecified atom stereocenters. The van der Waals surface area contributed by atoms with E-state index in [1.807, 2.05) is 0 Å². The van der Waals surface area contributed by atoms with Gasteiger partial charge in [-0.2, -0.15) is 0 Å². The largest absolute Gasteiger partial charge is 0.437 e. The fourth-order valence-electron chi connectivity index (χ4n) is 1.34. The highest BCUT2D eigenvalue weighted by molar-refractivity contribution is 9.11. The van der Waals surface area contributed by atoms with Crippen molar-refractivity contribution in [3.05, 3.63) is 51.0 Å². The Balaban J connectivity index is 2.37. The average molecular weight is 372 g/mol. The summed E-state index contributed by atoms with van der Waals surface area (Å²) in [7, 11) is 0. The number of benzene rings is 1. The molecular weight excluding hydrogens is 364 g/mol. The molecule has 6 heteroatoms. The fourth-order valence-corrected chi connectivity index (χ4v) is 2.41. The molecule has 1 amide bonds. The number of para-hydroxylation sites is 1. The van der Waals surface area contributed by atoms with Crippen molar-refractivity contribution in [1.82, 2.24) is 4.98 Å². The summed E-state index contributed by atoms with van der Waals surface area (Å²) in [6, 6.07) is 8.54. The van der Waals surface area contributed by atoms with E-state index in [2.05, 4.69) is 36.8 Å². The number of amides is 1. The molecule has 0 fully saturated rings. The number of nitrogens with two attached hydrogens (primary N) is 1. The van der Waals surface area contributed by atoms with E-state index >= 15 is 0 Å². The lowest BCUT2D eigenvalue weighted by molar-refractivity contribution is 0.0998. The summed E-state index contributed by atoms with van der Waals surface area (Å²) in [5.41, 5.74) is 5.59. The number of pyridine rings is 1. The van der Waals surface area contributed by atoms with Crippen molar-refractivity contribution in [2.45, 2.75) is 0 Å². The number of rotatable bonds is 3. The molecule has 0 bridgehead atoms. The van der Waals surface area contributed by atoms with Crippen LogP contribution in [0.2, 0.25) is 0 Å². The van der Waals surface area contributed by atoms with Gasteiger partial charge in [0.15, 0.2) is 0 Å². The Morgan fingerprint density at radius 3 is 2.67 bits per heavy atom. The summed E-state index contributed by atoms with van der Waals surface area (Å²) in [5.74, 6) is 0.200. The molecule has 2 rings (SSSR count). The first-order chi connectivity index (χ1) is 8.58. The molecule has 0 saturated heterocycles. The highest BCUT2D eigenvalue weighted by Crippen LogP contribution is 2.30. The van der Waals surface area contributed by atoms with Crippen molar-refractivity contribution in [1.29, 1.82) is 0 Å². The van der Waals surface area contributed by atoms with Crippen LogP contribution in [0.25, 0.3) is 0 Å². The molecule has 0 atom stereocenters. The summed E-state index contributed by atoms with van der Waals surface area (Å²) in [6.45, 7) is 0. The lowest BCUT2D eigenvalue weighted by atomic mass is 10.2. The predicted molar refractivity (Wildman–Crippen MR) is 74.7 cm³/mol. The van der Waals surface area contributed by atoms with Crippen molar-refractivity contribution in [2.75, 3.05) is 0 Å². The minimum Gasteiger partial charge on any atom is -0.437 e. The van der Waals surface area contributed by atoms with Crippen LogP contribution in [0, 0.1) is 0 Å². The third-order valence-electron chi connectivity index (χ3n) is 2.13. The van der Waals surface area contributed by atoms with Crippen molar-refractivity contribution in [2.24, 2.45) is 5.73 Å². The standard InChI is InChI=1S/C12H8Br2N2O2/c13-7-5-9(14)12(16-6-7)18-10-4-2-1-3-8(10)11(15)17/h1-6H,(H2,15,17). The number of halogens is 2. The Hall–Kier alpha value is -1.40. The second-order valence-corrected chi connectivity index (χ2v) is 5.17. The maximum atomic E-state index is 11.3. The van der Waals surface area contributed by atoms with E-state index in [-0.39, 0.29) is 0 Å². The Morgan fingerprint density at radius 1 is 1.28 bits per heavy atom. The van der Waals surface area contributed by atoms with E-state index < -0.39 is 5.91 Å². The van der Waals surface area contributed by atoms with Gasteiger partial charge in [-0.25, -0.2) is 4.98 Å². The smallest absolute Gasteiger partial charge is 0.252 e. The number of ether oxygens (including phenoxy) is 1. The zero-order valence-electron chi connectivity index (χ0n) is 9.06. The maximum absolute atomic E-state index is 11.3.